The van der Waals surface area contributed by atoms with Crippen molar-refractivity contribution in [2.75, 3.05) is 19.6 Å². The minimum absolute atomic E-state index is 0. The van der Waals surface area contributed by atoms with E-state index >= 15 is 0 Å². The molecule has 17 heteroatoms. The zero-order valence-corrected chi connectivity index (χ0v) is 46.4. The molecular weight excluding hydrogens is 998 g/mol. The number of rotatable bonds is 12. The molecule has 0 aliphatic carbocycles. The number of esters is 2. The number of ether oxygens (including phenoxy) is 4. The summed E-state index contributed by atoms with van der Waals surface area (Å²) in [6.07, 6.45) is -0.839. The van der Waals surface area contributed by atoms with Crippen LogP contribution in [-0.2, 0) is 41.4 Å². The van der Waals surface area contributed by atoms with Crippen LogP contribution in [0.4, 0.5) is 8.78 Å². The summed E-state index contributed by atoms with van der Waals surface area (Å²) in [4.78, 5) is 28.2. The first-order valence-corrected chi connectivity index (χ1v) is 26.8. The third kappa shape index (κ3) is 14.9. The van der Waals surface area contributed by atoms with Crippen LogP contribution in [0.25, 0.3) is 20.9 Å². The Bertz CT molecular complexity index is 2660. The number of carbonyl (C=O) groups is 2. The minimum Gasteiger partial charge on any atom is -0.857 e. The van der Waals surface area contributed by atoms with Crippen molar-refractivity contribution in [2.45, 2.75) is 101 Å². The molecule has 0 amide bonds. The molecule has 2 aliphatic rings. The number of thioether (sulfide) groups is 2. The van der Waals surface area contributed by atoms with Crippen molar-refractivity contribution in [3.05, 3.63) is 164 Å². The number of aliphatic hydroxyl groups is 3. The van der Waals surface area contributed by atoms with Gasteiger partial charge in [-0.2, -0.15) is 7.11 Å². The molecule has 2 fully saturated rings. The molecule has 71 heavy (non-hydrogen) atoms. The predicted molar refractivity (Wildman–Crippen MR) is 274 cm³/mol. The molecule has 2 unspecified atom stereocenters. The molecule has 0 bridgehead atoms. The second-order valence-electron chi connectivity index (χ2n) is 17.1. The Balaban J connectivity index is 0.000000255. The molecule has 4 aromatic carbocycles. The molecule has 2 aliphatic heterocycles. The van der Waals surface area contributed by atoms with Gasteiger partial charge in [0.2, 0.25) is 0 Å². The van der Waals surface area contributed by atoms with Gasteiger partial charge in [-0.25, -0.2) is 8.78 Å². The molecule has 0 radical (unpaired) electrons. The molecule has 2 saturated heterocycles. The zero-order chi connectivity index (χ0) is 50.8. The normalized spacial score (nSPS) is 23.7. The van der Waals surface area contributed by atoms with E-state index in [1.54, 1.807) is 53.2 Å². The summed E-state index contributed by atoms with van der Waals surface area (Å²) < 4.78 is 50.1. The number of aryl methyl sites for hydroxylation is 2. The van der Waals surface area contributed by atoms with Gasteiger partial charge in [-0.15, -0.1) is 46.2 Å². The van der Waals surface area contributed by atoms with Crippen LogP contribution in [0, 0.1) is 31.4 Å². The van der Waals surface area contributed by atoms with Crippen LogP contribution in [0.5, 0.6) is 0 Å². The summed E-state index contributed by atoms with van der Waals surface area (Å²) in [7, 11) is 0.750. The van der Waals surface area contributed by atoms with Gasteiger partial charge in [0, 0.05) is 52.1 Å². The van der Waals surface area contributed by atoms with Crippen LogP contribution in [0.15, 0.2) is 109 Å². The summed E-state index contributed by atoms with van der Waals surface area (Å²) in [5, 5.41) is 39.1. The molecule has 374 valence electrons. The van der Waals surface area contributed by atoms with Gasteiger partial charge in [0.1, 0.15) is 53.0 Å². The Morgan fingerprint density at radius 1 is 0.606 bits per heavy atom. The van der Waals surface area contributed by atoms with Gasteiger partial charge >= 0.3 is 41.5 Å². The van der Waals surface area contributed by atoms with E-state index < -0.39 is 59.4 Å². The van der Waals surface area contributed by atoms with Gasteiger partial charge in [-0.05, 0) is 119 Å². The smallest absolute Gasteiger partial charge is 0.857 e. The second-order valence-corrected chi connectivity index (χ2v) is 21.3. The van der Waals surface area contributed by atoms with Crippen molar-refractivity contribution in [3.8, 4) is 20.9 Å². The van der Waals surface area contributed by atoms with Gasteiger partial charge < -0.3 is 39.4 Å². The Kier molecular flexibility index (Phi) is 22.4. The van der Waals surface area contributed by atoms with E-state index in [1.807, 2.05) is 50.4 Å². The number of carbonyl (C=O) groups excluding carboxylic acids is 2. The second kappa shape index (κ2) is 27.2. The number of halogens is 2. The van der Waals surface area contributed by atoms with Crippen LogP contribution in [-0.4, -0.2) is 88.3 Å². The Morgan fingerprint density at radius 2 is 1.03 bits per heavy atom. The monoisotopic (exact) mass is 1060 g/mol. The SMILES string of the molecule is CS[C@H]1OC(c2ccc(C)c(Cc3ccc(-c4ccc(F)cc4)s3)c2)[C@H](C)[C@@H](OC(C)=O)[C@@H]1OC(C)=O.CS[C@H]1OC(c2ccc(C)c(Cc3ccc(-c4ccc(F)cc4)s3)c2)[C@H](O)[C@@H](O)[C@@H]1O.C[O-].[Na+]. The molecule has 10 atom stereocenters. The van der Waals surface area contributed by atoms with Crippen molar-refractivity contribution in [2.24, 2.45) is 5.92 Å². The molecule has 3 N–H and O–H groups in total. The topological polar surface area (TPSA) is 155 Å². The van der Waals surface area contributed by atoms with Crippen molar-refractivity contribution >= 4 is 58.1 Å². The number of hydrogen-bond donors (Lipinski definition) is 3. The number of benzene rings is 4. The average molecular weight is 1060 g/mol. The predicted octanol–water partition coefficient (Wildman–Crippen LogP) is 6.99. The van der Waals surface area contributed by atoms with E-state index in [0.29, 0.717) is 6.42 Å². The zero-order valence-electron chi connectivity index (χ0n) is 41.2. The van der Waals surface area contributed by atoms with E-state index in [2.05, 4.69) is 37.3 Å². The maximum Gasteiger partial charge on any atom is 1.00 e. The number of hydrogen-bond acceptors (Lipinski definition) is 14. The van der Waals surface area contributed by atoms with Crippen LogP contribution in [0.1, 0.15) is 76.1 Å². The molecule has 0 saturated carbocycles. The molecular formula is C54H59F2NaO10S4. The van der Waals surface area contributed by atoms with E-state index in [0.717, 1.165) is 56.7 Å². The van der Waals surface area contributed by atoms with E-state index in [9.17, 15) is 33.7 Å². The first-order chi connectivity index (χ1) is 33.5. The van der Waals surface area contributed by atoms with Crippen LogP contribution in [0.2, 0.25) is 0 Å². The summed E-state index contributed by atoms with van der Waals surface area (Å²) in [6.45, 7) is 8.79. The van der Waals surface area contributed by atoms with Crippen molar-refractivity contribution in [1.82, 2.24) is 0 Å². The van der Waals surface area contributed by atoms with Gasteiger partial charge in [0.05, 0.1) is 6.10 Å². The third-order valence-corrected chi connectivity index (χ3v) is 16.2. The fraction of sp³-hybridized carbons (Fsp3) is 0.370. The van der Waals surface area contributed by atoms with Gasteiger partial charge in [-0.1, -0.05) is 67.6 Å². The van der Waals surface area contributed by atoms with Gasteiger partial charge in [-0.3, -0.25) is 9.59 Å². The van der Waals surface area contributed by atoms with Crippen molar-refractivity contribution < 1.29 is 87.3 Å². The summed E-state index contributed by atoms with van der Waals surface area (Å²) in [5.74, 6) is -1.59. The van der Waals surface area contributed by atoms with E-state index in [4.69, 9.17) is 24.1 Å². The number of aliphatic hydroxyl groups excluding tert-OH is 3. The summed E-state index contributed by atoms with van der Waals surface area (Å²) in [6, 6.07) is 33.5. The summed E-state index contributed by atoms with van der Waals surface area (Å²) >= 11 is 6.08. The standard InChI is InChI=1S/C29H31FO5S2.C24H25FO4S2.CH3O.Na/c1-16-6-7-21(14-22(16)15-24-12-13-25(37-24)20-8-10-23(30)11-9-20)26-17(2)27(33-18(3)31)28(34-19(4)32)29(35-26)36-5;1-13-3-4-15(23-21(27)20(26)22(28)24(29-23)30-2)11-16(13)12-18-9-10-19(31-18)14-5-7-17(25)8-6-14;1-2;/h6-14,17,26-29H,15H2,1-5H3;3-11,20-24,26-28H,12H2,1-2H3;1H3;/q;;-1;+1/t17-,26?,27+,28-,29+;20-,21-,22+,23?,24-;;/m01../s1. The van der Waals surface area contributed by atoms with Crippen LogP contribution >= 0.6 is 46.2 Å². The Morgan fingerprint density at radius 3 is 1.46 bits per heavy atom. The Hall–Kier alpha value is -3.46. The van der Waals surface area contributed by atoms with Crippen LogP contribution in [0.3, 0.4) is 0 Å². The fourth-order valence-corrected chi connectivity index (χ4v) is 12.0. The third-order valence-electron chi connectivity index (χ3n) is 12.2. The molecule has 0 spiro atoms. The Labute approximate surface area is 453 Å². The molecule has 8 rings (SSSR count). The maximum absolute atomic E-state index is 13.3. The van der Waals surface area contributed by atoms with Gasteiger partial charge in [0.15, 0.2) is 6.10 Å². The van der Waals surface area contributed by atoms with Crippen molar-refractivity contribution in [1.29, 1.82) is 0 Å². The largest absolute Gasteiger partial charge is 1.00 e. The minimum atomic E-state index is -1.27. The first-order valence-electron chi connectivity index (χ1n) is 22.6. The quantitative estimate of drug-likeness (QED) is 0.0856. The maximum atomic E-state index is 13.3. The first kappa shape index (κ1) is 58.4. The van der Waals surface area contributed by atoms with Crippen LogP contribution < -0.4 is 34.7 Å². The number of thiophene rings is 2. The molecule has 10 nitrogen and oxygen atoms in total. The van der Waals surface area contributed by atoms with E-state index in [1.165, 1.54) is 82.5 Å². The van der Waals surface area contributed by atoms with Gasteiger partial charge in [0.25, 0.3) is 0 Å². The molecule has 6 aromatic rings. The van der Waals surface area contributed by atoms with E-state index in [-0.39, 0.29) is 53.2 Å². The molecule has 2 aromatic heterocycles. The average Bonchev–Trinajstić information content (AvgIpc) is 4.02. The fourth-order valence-electron chi connectivity index (χ4n) is 8.52. The van der Waals surface area contributed by atoms with Crippen molar-refractivity contribution in [3.63, 3.8) is 0 Å². The molecule has 4 heterocycles. The summed E-state index contributed by atoms with van der Waals surface area (Å²) in [5.41, 5.74) is 7.21.